The fourth-order valence-corrected chi connectivity index (χ4v) is 2.06. The summed E-state index contributed by atoms with van der Waals surface area (Å²) in [5.41, 5.74) is 5.58. The Balaban J connectivity index is 3.05. The zero-order valence-corrected chi connectivity index (χ0v) is 9.44. The van der Waals surface area contributed by atoms with E-state index in [9.17, 15) is 12.8 Å². The van der Waals surface area contributed by atoms with E-state index in [2.05, 4.69) is 16.6 Å². The minimum Gasteiger partial charge on any atom is -0.399 e. The van der Waals surface area contributed by atoms with Gasteiger partial charge in [0.15, 0.2) is 0 Å². The van der Waals surface area contributed by atoms with Crippen LogP contribution in [0.25, 0.3) is 0 Å². The Morgan fingerprint density at radius 1 is 1.50 bits per heavy atom. The molecule has 0 aliphatic heterocycles. The number of rotatable bonds is 3. The van der Waals surface area contributed by atoms with Gasteiger partial charge in [-0.25, -0.2) is 12.8 Å². The Morgan fingerprint density at radius 2 is 2.19 bits per heavy atom. The normalized spacial score (nSPS) is 10.6. The van der Waals surface area contributed by atoms with Gasteiger partial charge in [-0.2, -0.15) is 4.72 Å². The summed E-state index contributed by atoms with van der Waals surface area (Å²) in [6.07, 6.45) is 0. The summed E-state index contributed by atoms with van der Waals surface area (Å²) >= 11 is 0. The minimum absolute atomic E-state index is 0.0624. The molecule has 0 bridgehead atoms. The molecule has 6 heteroatoms. The van der Waals surface area contributed by atoms with Gasteiger partial charge in [0.2, 0.25) is 10.0 Å². The summed E-state index contributed by atoms with van der Waals surface area (Å²) in [5.74, 6) is 4.20. The van der Waals surface area contributed by atoms with E-state index >= 15 is 0 Å². The van der Waals surface area contributed by atoms with Crippen LogP contribution in [-0.4, -0.2) is 15.0 Å². The summed E-state index contributed by atoms with van der Waals surface area (Å²) in [5, 5.41) is 0. The number of sulfonamides is 1. The number of halogens is 1. The summed E-state index contributed by atoms with van der Waals surface area (Å²) in [6, 6.07) is 3.37. The monoisotopic (exact) mass is 242 g/mol. The molecule has 1 aromatic rings. The van der Waals surface area contributed by atoms with Gasteiger partial charge in [0.25, 0.3) is 0 Å². The highest BCUT2D eigenvalue weighted by molar-refractivity contribution is 7.89. The number of hydrogen-bond donors (Lipinski definition) is 2. The number of anilines is 1. The maximum Gasteiger partial charge on any atom is 0.244 e. The molecule has 3 N–H and O–H groups in total. The molecule has 0 radical (unpaired) electrons. The Hall–Kier alpha value is -1.58. The quantitative estimate of drug-likeness (QED) is 0.605. The van der Waals surface area contributed by atoms with Gasteiger partial charge < -0.3 is 5.73 Å². The van der Waals surface area contributed by atoms with E-state index in [1.807, 2.05) is 0 Å². The van der Waals surface area contributed by atoms with Crippen LogP contribution in [0.5, 0.6) is 0 Å². The lowest BCUT2D eigenvalue weighted by molar-refractivity contribution is 0.560. The van der Waals surface area contributed by atoms with E-state index in [-0.39, 0.29) is 12.2 Å². The first-order valence-electron chi connectivity index (χ1n) is 4.41. The standard InChI is InChI=1S/C10H11FN2O2S/c1-2-3-6-13-16(14,15)10-7-8(12)4-5-9(10)11/h4-5,7,13H,6,12H2,1H3. The molecule has 0 aromatic heterocycles. The first-order chi connectivity index (χ1) is 7.47. The average molecular weight is 242 g/mol. The number of nitrogen functional groups attached to an aromatic ring is 1. The molecule has 0 spiro atoms. The summed E-state index contributed by atoms with van der Waals surface area (Å²) < 4.78 is 38.6. The topological polar surface area (TPSA) is 72.2 Å². The van der Waals surface area contributed by atoms with Crippen LogP contribution in [-0.2, 0) is 10.0 Å². The Kier molecular flexibility index (Phi) is 3.88. The Labute approximate surface area is 93.7 Å². The molecule has 0 heterocycles. The molecule has 0 unspecified atom stereocenters. The van der Waals surface area contributed by atoms with Gasteiger partial charge in [0.1, 0.15) is 10.7 Å². The van der Waals surface area contributed by atoms with E-state index in [0.717, 1.165) is 12.1 Å². The van der Waals surface area contributed by atoms with Crippen molar-refractivity contribution in [3.05, 3.63) is 24.0 Å². The van der Waals surface area contributed by atoms with Crippen molar-refractivity contribution in [1.29, 1.82) is 0 Å². The highest BCUT2D eigenvalue weighted by Gasteiger charge is 2.18. The van der Waals surface area contributed by atoms with Gasteiger partial charge in [0.05, 0.1) is 6.54 Å². The first kappa shape index (κ1) is 12.5. The highest BCUT2D eigenvalue weighted by atomic mass is 32.2. The molecule has 16 heavy (non-hydrogen) atoms. The third-order valence-electron chi connectivity index (χ3n) is 1.77. The second-order valence-electron chi connectivity index (χ2n) is 2.94. The fraction of sp³-hybridized carbons (Fsp3) is 0.200. The predicted molar refractivity (Wildman–Crippen MR) is 59.5 cm³/mol. The molecule has 0 saturated heterocycles. The number of benzene rings is 1. The predicted octanol–water partition coefficient (Wildman–Crippen LogP) is 0.709. The SMILES string of the molecule is CC#CCNS(=O)(=O)c1cc(N)ccc1F. The number of nitrogens with two attached hydrogens (primary N) is 1. The van der Waals surface area contributed by atoms with Crippen LogP contribution in [0.4, 0.5) is 10.1 Å². The zero-order chi connectivity index (χ0) is 12.2. The average Bonchev–Trinajstić information content (AvgIpc) is 2.22. The molecule has 86 valence electrons. The molecular formula is C10H11FN2O2S. The molecule has 4 nitrogen and oxygen atoms in total. The van der Waals surface area contributed by atoms with Crippen molar-refractivity contribution in [2.45, 2.75) is 11.8 Å². The van der Waals surface area contributed by atoms with Gasteiger partial charge in [-0.1, -0.05) is 5.92 Å². The van der Waals surface area contributed by atoms with Crippen molar-refractivity contribution in [1.82, 2.24) is 4.72 Å². The zero-order valence-electron chi connectivity index (χ0n) is 8.62. The van der Waals surface area contributed by atoms with Crippen LogP contribution in [0.15, 0.2) is 23.1 Å². The van der Waals surface area contributed by atoms with Gasteiger partial charge in [-0.15, -0.1) is 5.92 Å². The molecule has 1 rings (SSSR count). The number of nitrogens with one attached hydrogen (secondary N) is 1. The molecule has 0 fully saturated rings. The maximum absolute atomic E-state index is 13.3. The van der Waals surface area contributed by atoms with Crippen LogP contribution in [0.1, 0.15) is 6.92 Å². The Morgan fingerprint density at radius 3 is 2.81 bits per heavy atom. The maximum atomic E-state index is 13.3. The van der Waals surface area contributed by atoms with E-state index in [4.69, 9.17) is 5.73 Å². The minimum atomic E-state index is -3.89. The summed E-state index contributed by atoms with van der Waals surface area (Å²) in [7, 11) is -3.89. The molecule has 0 amide bonds. The van der Waals surface area contributed by atoms with Gasteiger partial charge in [0, 0.05) is 5.69 Å². The number of hydrogen-bond acceptors (Lipinski definition) is 3. The van der Waals surface area contributed by atoms with E-state index < -0.39 is 20.7 Å². The fourth-order valence-electron chi connectivity index (χ4n) is 1.02. The molecule has 0 aliphatic rings. The largest absolute Gasteiger partial charge is 0.399 e. The van der Waals surface area contributed by atoms with Crippen molar-refractivity contribution in [2.24, 2.45) is 0 Å². The van der Waals surface area contributed by atoms with Crippen molar-refractivity contribution in [3.8, 4) is 11.8 Å². The van der Waals surface area contributed by atoms with Crippen molar-refractivity contribution < 1.29 is 12.8 Å². The second-order valence-corrected chi connectivity index (χ2v) is 4.68. The summed E-state index contributed by atoms with van der Waals surface area (Å²) in [6.45, 7) is 1.52. The molecule has 0 atom stereocenters. The summed E-state index contributed by atoms with van der Waals surface area (Å²) in [4.78, 5) is -0.467. The molecular weight excluding hydrogens is 231 g/mol. The lowest BCUT2D eigenvalue weighted by atomic mass is 10.3. The molecule has 0 saturated carbocycles. The van der Waals surface area contributed by atoms with E-state index in [1.54, 1.807) is 6.92 Å². The van der Waals surface area contributed by atoms with E-state index in [0.29, 0.717) is 0 Å². The van der Waals surface area contributed by atoms with Gasteiger partial charge in [-0.3, -0.25) is 0 Å². The van der Waals surface area contributed by atoms with Crippen LogP contribution in [0, 0.1) is 17.7 Å². The van der Waals surface area contributed by atoms with Gasteiger partial charge >= 0.3 is 0 Å². The van der Waals surface area contributed by atoms with Crippen LogP contribution < -0.4 is 10.5 Å². The van der Waals surface area contributed by atoms with Crippen molar-refractivity contribution in [2.75, 3.05) is 12.3 Å². The molecule has 0 aliphatic carbocycles. The lowest BCUT2D eigenvalue weighted by Crippen LogP contribution is -2.25. The van der Waals surface area contributed by atoms with Crippen LogP contribution in [0.2, 0.25) is 0 Å². The van der Waals surface area contributed by atoms with Crippen molar-refractivity contribution >= 4 is 15.7 Å². The molecule has 1 aromatic carbocycles. The van der Waals surface area contributed by atoms with Crippen LogP contribution >= 0.6 is 0 Å². The second kappa shape index (κ2) is 4.96. The van der Waals surface area contributed by atoms with Gasteiger partial charge in [-0.05, 0) is 25.1 Å². The lowest BCUT2D eigenvalue weighted by Gasteiger charge is -2.05. The third kappa shape index (κ3) is 2.95. The van der Waals surface area contributed by atoms with Crippen LogP contribution in [0.3, 0.4) is 0 Å². The third-order valence-corrected chi connectivity index (χ3v) is 3.19. The smallest absolute Gasteiger partial charge is 0.244 e. The highest BCUT2D eigenvalue weighted by Crippen LogP contribution is 2.17. The first-order valence-corrected chi connectivity index (χ1v) is 5.90. The van der Waals surface area contributed by atoms with E-state index in [1.165, 1.54) is 6.07 Å². The Bertz CT molecular complexity index is 544. The van der Waals surface area contributed by atoms with Crippen molar-refractivity contribution in [3.63, 3.8) is 0 Å².